The lowest BCUT2D eigenvalue weighted by atomic mass is 10.2. The average Bonchev–Trinajstić information content (AvgIpc) is 3.42. The molecule has 1 N–H and O–H groups in total. The predicted molar refractivity (Wildman–Crippen MR) is 114 cm³/mol. The van der Waals surface area contributed by atoms with Crippen molar-refractivity contribution >= 4 is 27.0 Å². The highest BCUT2D eigenvalue weighted by atomic mass is 32.2. The fourth-order valence-electron chi connectivity index (χ4n) is 3.47. The molecule has 0 bridgehead atoms. The largest absolute Gasteiger partial charge is 0.395 e. The van der Waals surface area contributed by atoms with Gasteiger partial charge < -0.3 is 9.67 Å². The normalized spacial score (nSPS) is 15.7. The van der Waals surface area contributed by atoms with Gasteiger partial charge in [0, 0.05) is 25.0 Å². The second kappa shape index (κ2) is 8.81. The van der Waals surface area contributed by atoms with E-state index in [0.717, 1.165) is 24.1 Å². The van der Waals surface area contributed by atoms with Gasteiger partial charge in [0.1, 0.15) is 5.82 Å². The number of halogens is 1. The fourth-order valence-corrected chi connectivity index (χ4v) is 5.94. The monoisotopic (exact) mass is 447 g/mol. The average molecular weight is 448 g/mol. The van der Waals surface area contributed by atoms with Gasteiger partial charge in [-0.3, -0.25) is 0 Å². The molecule has 1 aromatic heterocycles. The minimum atomic E-state index is -3.46. The Hall–Kier alpha value is -2.33. The zero-order valence-corrected chi connectivity index (χ0v) is 17.9. The number of hydrogen-bond donors (Lipinski definition) is 1. The molecule has 2 aromatic carbocycles. The summed E-state index contributed by atoms with van der Waals surface area (Å²) in [5.74, 6) is -0.326. The van der Waals surface area contributed by atoms with Gasteiger partial charge in [0.15, 0.2) is 4.80 Å². The molecular formula is C21H22FN3O3S2. The van der Waals surface area contributed by atoms with Crippen molar-refractivity contribution in [1.29, 1.82) is 0 Å². The Morgan fingerprint density at radius 3 is 2.33 bits per heavy atom. The lowest BCUT2D eigenvalue weighted by molar-refractivity contribution is 0.275. The first kappa shape index (κ1) is 20.9. The summed E-state index contributed by atoms with van der Waals surface area (Å²) in [7, 11) is -3.46. The summed E-state index contributed by atoms with van der Waals surface area (Å²) in [6.45, 7) is 1.41. The molecular weight excluding hydrogens is 425 g/mol. The quantitative estimate of drug-likeness (QED) is 0.630. The van der Waals surface area contributed by atoms with E-state index in [4.69, 9.17) is 0 Å². The van der Waals surface area contributed by atoms with E-state index in [1.54, 1.807) is 36.4 Å². The molecule has 0 saturated carbocycles. The van der Waals surface area contributed by atoms with E-state index >= 15 is 0 Å². The number of hydrogen-bond acceptors (Lipinski definition) is 5. The van der Waals surface area contributed by atoms with E-state index in [1.807, 2.05) is 9.95 Å². The lowest BCUT2D eigenvalue weighted by Crippen LogP contribution is -2.27. The van der Waals surface area contributed by atoms with Crippen LogP contribution in [0.2, 0.25) is 0 Å². The Morgan fingerprint density at radius 2 is 1.70 bits per heavy atom. The van der Waals surface area contributed by atoms with Crippen molar-refractivity contribution < 1.29 is 17.9 Å². The molecule has 3 aromatic rings. The molecule has 1 aliphatic heterocycles. The van der Waals surface area contributed by atoms with Gasteiger partial charge in [-0.2, -0.15) is 4.31 Å². The minimum absolute atomic E-state index is 0.0677. The molecule has 1 fully saturated rings. The summed E-state index contributed by atoms with van der Waals surface area (Å²) >= 11 is 1.41. The maximum atomic E-state index is 13.1. The van der Waals surface area contributed by atoms with Gasteiger partial charge in [0.25, 0.3) is 0 Å². The molecule has 0 atom stereocenters. The van der Waals surface area contributed by atoms with Crippen molar-refractivity contribution in [2.45, 2.75) is 24.3 Å². The number of aliphatic hydroxyl groups excluding tert-OH is 1. The molecule has 30 heavy (non-hydrogen) atoms. The molecule has 6 nitrogen and oxygen atoms in total. The first-order valence-electron chi connectivity index (χ1n) is 9.69. The van der Waals surface area contributed by atoms with Crippen LogP contribution in [-0.2, 0) is 16.6 Å². The molecule has 4 rings (SSSR count). The summed E-state index contributed by atoms with van der Waals surface area (Å²) < 4.78 is 42.0. The van der Waals surface area contributed by atoms with Crippen LogP contribution in [0.5, 0.6) is 0 Å². The van der Waals surface area contributed by atoms with Gasteiger partial charge in [0.2, 0.25) is 10.0 Å². The van der Waals surface area contributed by atoms with Crippen LogP contribution in [0, 0.1) is 5.82 Å². The van der Waals surface area contributed by atoms with Gasteiger partial charge in [-0.25, -0.2) is 17.8 Å². The Balaban J connectivity index is 1.68. The molecule has 9 heteroatoms. The molecule has 2 heterocycles. The number of rotatable bonds is 6. The second-order valence-electron chi connectivity index (χ2n) is 7.00. The van der Waals surface area contributed by atoms with E-state index in [-0.39, 0.29) is 17.3 Å². The maximum Gasteiger partial charge on any atom is 0.243 e. The van der Waals surface area contributed by atoms with Crippen molar-refractivity contribution in [1.82, 2.24) is 8.87 Å². The van der Waals surface area contributed by atoms with Crippen LogP contribution < -0.4 is 4.80 Å². The molecule has 0 aliphatic carbocycles. The van der Waals surface area contributed by atoms with Crippen LogP contribution in [-0.4, -0.2) is 42.1 Å². The zero-order valence-electron chi connectivity index (χ0n) is 16.2. The number of nitrogens with zero attached hydrogens (tertiary/aromatic N) is 3. The summed E-state index contributed by atoms with van der Waals surface area (Å²) in [6, 6.07) is 12.7. The number of benzene rings is 2. The summed E-state index contributed by atoms with van der Waals surface area (Å²) in [4.78, 5) is 5.51. The third kappa shape index (κ3) is 4.24. The molecule has 1 aliphatic rings. The standard InChI is InChI=1S/C21H22FN3O3S2/c22-17-5-7-18(8-6-17)23-21-25(13-14-26)20(15-29-21)16-3-9-19(10-4-16)30(27,28)24-11-1-2-12-24/h3-10,15,26H,1-2,11-14H2. The number of aliphatic hydroxyl groups is 1. The van der Waals surface area contributed by atoms with Gasteiger partial charge >= 0.3 is 0 Å². The van der Waals surface area contributed by atoms with Gasteiger partial charge in [-0.05, 0) is 54.8 Å². The molecule has 0 radical (unpaired) electrons. The highest BCUT2D eigenvalue weighted by molar-refractivity contribution is 7.89. The topological polar surface area (TPSA) is 74.9 Å². The van der Waals surface area contributed by atoms with Crippen LogP contribution in [0.3, 0.4) is 0 Å². The van der Waals surface area contributed by atoms with Crippen molar-refractivity contribution in [2.24, 2.45) is 4.99 Å². The minimum Gasteiger partial charge on any atom is -0.395 e. The van der Waals surface area contributed by atoms with Crippen LogP contribution in [0.1, 0.15) is 12.8 Å². The van der Waals surface area contributed by atoms with E-state index in [0.29, 0.717) is 30.1 Å². The zero-order chi connectivity index (χ0) is 21.1. The summed E-state index contributed by atoms with van der Waals surface area (Å²) in [6.07, 6.45) is 1.79. The molecule has 0 unspecified atom stereocenters. The Morgan fingerprint density at radius 1 is 1.03 bits per heavy atom. The molecule has 1 saturated heterocycles. The van der Waals surface area contributed by atoms with E-state index in [2.05, 4.69) is 4.99 Å². The number of thiazole rings is 1. The summed E-state index contributed by atoms with van der Waals surface area (Å²) in [5.41, 5.74) is 2.28. The van der Waals surface area contributed by atoms with Crippen LogP contribution in [0.15, 0.2) is 63.8 Å². The van der Waals surface area contributed by atoms with Crippen molar-refractivity contribution in [2.75, 3.05) is 19.7 Å². The summed E-state index contributed by atoms with van der Waals surface area (Å²) in [5, 5.41) is 11.4. The Labute approximate surface area is 178 Å². The van der Waals surface area contributed by atoms with E-state index < -0.39 is 10.0 Å². The maximum absolute atomic E-state index is 13.1. The van der Waals surface area contributed by atoms with E-state index in [1.165, 1.54) is 27.8 Å². The highest BCUT2D eigenvalue weighted by Gasteiger charge is 2.27. The second-order valence-corrected chi connectivity index (χ2v) is 9.78. The van der Waals surface area contributed by atoms with Gasteiger partial charge in [-0.15, -0.1) is 11.3 Å². The Kier molecular flexibility index (Phi) is 6.14. The van der Waals surface area contributed by atoms with Crippen LogP contribution >= 0.6 is 11.3 Å². The third-order valence-corrected chi connectivity index (χ3v) is 7.80. The predicted octanol–water partition coefficient (Wildman–Crippen LogP) is 3.36. The Bertz CT molecular complexity index is 1180. The highest BCUT2D eigenvalue weighted by Crippen LogP contribution is 2.25. The fraction of sp³-hybridized carbons (Fsp3) is 0.286. The van der Waals surface area contributed by atoms with Crippen molar-refractivity contribution in [3.05, 3.63) is 64.5 Å². The van der Waals surface area contributed by atoms with Gasteiger partial charge in [-0.1, -0.05) is 12.1 Å². The van der Waals surface area contributed by atoms with Crippen molar-refractivity contribution in [3.63, 3.8) is 0 Å². The number of sulfonamides is 1. The SMILES string of the molecule is O=S(=O)(c1ccc(-c2csc(=Nc3ccc(F)cc3)n2CCO)cc1)N1CCCC1. The number of aromatic nitrogens is 1. The van der Waals surface area contributed by atoms with Crippen LogP contribution in [0.4, 0.5) is 10.1 Å². The van der Waals surface area contributed by atoms with E-state index in [9.17, 15) is 17.9 Å². The lowest BCUT2D eigenvalue weighted by Gasteiger charge is -2.15. The molecule has 0 amide bonds. The van der Waals surface area contributed by atoms with Crippen LogP contribution in [0.25, 0.3) is 11.3 Å². The first-order valence-corrected chi connectivity index (χ1v) is 12.0. The third-order valence-electron chi connectivity index (χ3n) is 5.03. The molecule has 158 valence electrons. The van der Waals surface area contributed by atoms with Gasteiger partial charge in [0.05, 0.1) is 22.9 Å². The first-order chi connectivity index (χ1) is 14.5. The smallest absolute Gasteiger partial charge is 0.243 e. The molecule has 0 spiro atoms. The van der Waals surface area contributed by atoms with Crippen molar-refractivity contribution in [3.8, 4) is 11.3 Å².